The van der Waals surface area contributed by atoms with Crippen molar-refractivity contribution in [3.63, 3.8) is 0 Å². The molecule has 0 aliphatic carbocycles. The number of rotatable bonds is 3. The minimum absolute atomic E-state index is 0.137. The molecule has 0 saturated heterocycles. The highest BCUT2D eigenvalue weighted by Gasteiger charge is 2.35. The molecule has 3 aromatic heterocycles. The first-order valence-corrected chi connectivity index (χ1v) is 8.29. The van der Waals surface area contributed by atoms with Gasteiger partial charge in [-0.2, -0.15) is 5.10 Å². The number of H-pyrrole nitrogens is 1. The molecule has 8 heteroatoms. The van der Waals surface area contributed by atoms with Crippen molar-refractivity contribution >= 4 is 17.6 Å². The molecular weight excluding hydrogens is 332 g/mol. The van der Waals surface area contributed by atoms with E-state index < -0.39 is 0 Å². The zero-order chi connectivity index (χ0) is 18.3. The first-order valence-electron chi connectivity index (χ1n) is 8.29. The summed E-state index contributed by atoms with van der Waals surface area (Å²) < 4.78 is 1.95. The third kappa shape index (κ3) is 2.55. The monoisotopic (exact) mass is 350 g/mol. The number of nitrogens with one attached hydrogen (secondary N) is 3. The molecule has 26 heavy (non-hydrogen) atoms. The van der Waals surface area contributed by atoms with E-state index in [1.54, 1.807) is 13.2 Å². The topological polar surface area (TPSA) is 105 Å². The molecule has 3 aromatic rings. The summed E-state index contributed by atoms with van der Waals surface area (Å²) in [6.07, 6.45) is 3.89. The number of aryl methyl sites for hydroxylation is 1. The molecule has 1 aliphatic rings. The minimum atomic E-state index is -0.304. The maximum absolute atomic E-state index is 12.2. The highest BCUT2D eigenvalue weighted by Crippen LogP contribution is 2.38. The Kier molecular flexibility index (Phi) is 3.80. The van der Waals surface area contributed by atoms with Crippen LogP contribution in [0.1, 0.15) is 39.6 Å². The fraction of sp³-hybridized carbons (Fsp3) is 0.222. The molecule has 1 atom stereocenters. The van der Waals surface area contributed by atoms with Crippen LogP contribution in [0.4, 0.5) is 5.82 Å². The second kappa shape index (κ2) is 6.14. The van der Waals surface area contributed by atoms with Crippen LogP contribution < -0.4 is 10.6 Å². The van der Waals surface area contributed by atoms with Crippen molar-refractivity contribution in [2.45, 2.75) is 19.3 Å². The van der Waals surface area contributed by atoms with Crippen LogP contribution in [-0.2, 0) is 4.79 Å². The van der Waals surface area contributed by atoms with Crippen LogP contribution in [0.15, 0.2) is 36.7 Å². The van der Waals surface area contributed by atoms with Gasteiger partial charge in [-0.15, -0.1) is 0 Å². The summed E-state index contributed by atoms with van der Waals surface area (Å²) in [6.45, 7) is 2.00. The second-order valence-corrected chi connectivity index (χ2v) is 6.24. The Labute approximate surface area is 149 Å². The summed E-state index contributed by atoms with van der Waals surface area (Å²) in [5, 5.41) is 12.2. The Balaban J connectivity index is 1.86. The van der Waals surface area contributed by atoms with Crippen LogP contribution in [0.3, 0.4) is 0 Å². The van der Waals surface area contributed by atoms with E-state index in [4.69, 9.17) is 0 Å². The summed E-state index contributed by atoms with van der Waals surface area (Å²) >= 11 is 0. The fourth-order valence-electron chi connectivity index (χ4n) is 3.34. The molecule has 0 bridgehead atoms. The number of pyridine rings is 1. The van der Waals surface area contributed by atoms with E-state index in [9.17, 15) is 9.59 Å². The zero-order valence-electron chi connectivity index (χ0n) is 14.4. The van der Waals surface area contributed by atoms with Crippen molar-refractivity contribution < 1.29 is 9.59 Å². The van der Waals surface area contributed by atoms with E-state index in [0.29, 0.717) is 17.1 Å². The van der Waals surface area contributed by atoms with Crippen LogP contribution in [0.25, 0.3) is 5.82 Å². The van der Waals surface area contributed by atoms with Crippen molar-refractivity contribution in [1.29, 1.82) is 0 Å². The number of aromatic amines is 1. The first-order chi connectivity index (χ1) is 12.6. The maximum atomic E-state index is 12.2. The Bertz CT molecular complexity index is 1000. The average Bonchev–Trinajstić information content (AvgIpc) is 3.27. The van der Waals surface area contributed by atoms with Gasteiger partial charge >= 0.3 is 0 Å². The summed E-state index contributed by atoms with van der Waals surface area (Å²) in [4.78, 5) is 28.9. The molecule has 1 aliphatic heterocycles. The predicted molar refractivity (Wildman–Crippen MR) is 95.4 cm³/mol. The zero-order valence-corrected chi connectivity index (χ0v) is 14.4. The molecule has 0 spiro atoms. The number of hydrogen-bond acceptors (Lipinski definition) is 4. The number of carbonyl (C=O) groups is 2. The van der Waals surface area contributed by atoms with Gasteiger partial charge in [0, 0.05) is 43.0 Å². The summed E-state index contributed by atoms with van der Waals surface area (Å²) in [5.74, 6) is 0.452. The van der Waals surface area contributed by atoms with E-state index in [2.05, 4.69) is 25.8 Å². The Hall–Kier alpha value is -3.42. The van der Waals surface area contributed by atoms with Gasteiger partial charge in [-0.05, 0) is 36.8 Å². The van der Waals surface area contributed by atoms with Crippen LogP contribution in [-0.4, -0.2) is 38.6 Å². The van der Waals surface area contributed by atoms with E-state index in [-0.39, 0.29) is 24.2 Å². The molecule has 0 saturated carbocycles. The molecule has 0 radical (unpaired) electrons. The number of fused-ring (bicyclic) bond motifs is 1. The molecule has 3 N–H and O–H groups in total. The number of hydrogen-bond donors (Lipinski definition) is 3. The molecule has 4 rings (SSSR count). The van der Waals surface area contributed by atoms with E-state index in [1.807, 2.05) is 42.0 Å². The van der Waals surface area contributed by atoms with Gasteiger partial charge in [0.25, 0.3) is 5.91 Å². The van der Waals surface area contributed by atoms with E-state index in [1.165, 1.54) is 0 Å². The quantitative estimate of drug-likeness (QED) is 0.669. The van der Waals surface area contributed by atoms with Crippen molar-refractivity contribution in [2.75, 3.05) is 12.4 Å². The predicted octanol–water partition coefficient (Wildman–Crippen LogP) is 1.74. The lowest BCUT2D eigenvalue weighted by Crippen LogP contribution is -2.27. The third-order valence-corrected chi connectivity index (χ3v) is 4.54. The lowest BCUT2D eigenvalue weighted by Gasteiger charge is -2.24. The smallest absolute Gasteiger partial charge is 0.269 e. The van der Waals surface area contributed by atoms with Gasteiger partial charge in [-0.3, -0.25) is 14.7 Å². The summed E-state index contributed by atoms with van der Waals surface area (Å²) in [6, 6.07) is 7.75. The minimum Gasteiger partial charge on any atom is -0.354 e. The van der Waals surface area contributed by atoms with Crippen molar-refractivity contribution in [2.24, 2.45) is 0 Å². The summed E-state index contributed by atoms with van der Waals surface area (Å²) in [7, 11) is 1.56. The van der Waals surface area contributed by atoms with Gasteiger partial charge in [0.1, 0.15) is 11.5 Å². The SMILES string of the molecule is CNC(=O)c1[nH]nc2c1C(c1cccn1-c1cc(C)ccn1)CC(=O)N2. The molecule has 4 heterocycles. The van der Waals surface area contributed by atoms with Gasteiger partial charge in [0.05, 0.1) is 0 Å². The third-order valence-electron chi connectivity index (χ3n) is 4.54. The number of aromatic nitrogens is 4. The maximum Gasteiger partial charge on any atom is 0.269 e. The van der Waals surface area contributed by atoms with Gasteiger partial charge in [-0.1, -0.05) is 0 Å². The normalized spacial score (nSPS) is 16.1. The number of amides is 2. The van der Waals surface area contributed by atoms with Gasteiger partial charge < -0.3 is 15.2 Å². The fourth-order valence-corrected chi connectivity index (χ4v) is 3.34. The van der Waals surface area contributed by atoms with Crippen molar-refractivity contribution in [3.8, 4) is 5.82 Å². The number of nitrogens with zero attached hydrogens (tertiary/aromatic N) is 3. The second-order valence-electron chi connectivity index (χ2n) is 6.24. The lowest BCUT2D eigenvalue weighted by atomic mass is 9.88. The largest absolute Gasteiger partial charge is 0.354 e. The van der Waals surface area contributed by atoms with E-state index in [0.717, 1.165) is 17.1 Å². The molecular formula is C18H18N6O2. The number of carbonyl (C=O) groups excluding carboxylic acids is 2. The number of anilines is 1. The van der Waals surface area contributed by atoms with Crippen LogP contribution >= 0.6 is 0 Å². The Morgan fingerprint density at radius 2 is 2.23 bits per heavy atom. The Morgan fingerprint density at radius 3 is 3.00 bits per heavy atom. The average molecular weight is 350 g/mol. The standard InChI is InChI=1S/C18H18N6O2/c1-10-5-6-20-13(8-10)24-7-3-4-12(24)11-9-14(25)21-17-15(11)16(22-23-17)18(26)19-2/h3-8,11H,9H2,1-2H3,(H,19,26)(H2,21,22,23,25). The summed E-state index contributed by atoms with van der Waals surface area (Å²) in [5.41, 5.74) is 3.02. The van der Waals surface area contributed by atoms with Crippen molar-refractivity contribution in [3.05, 3.63) is 59.2 Å². The highest BCUT2D eigenvalue weighted by atomic mass is 16.2. The Morgan fingerprint density at radius 1 is 1.38 bits per heavy atom. The van der Waals surface area contributed by atoms with Gasteiger partial charge in [0.2, 0.25) is 5.91 Å². The first kappa shape index (κ1) is 16.1. The van der Waals surface area contributed by atoms with Crippen LogP contribution in [0.2, 0.25) is 0 Å². The molecule has 1 unspecified atom stereocenters. The molecule has 0 aromatic carbocycles. The van der Waals surface area contributed by atoms with Crippen LogP contribution in [0.5, 0.6) is 0 Å². The van der Waals surface area contributed by atoms with Crippen molar-refractivity contribution in [1.82, 2.24) is 25.1 Å². The van der Waals surface area contributed by atoms with Gasteiger partial charge in [0.15, 0.2) is 5.82 Å². The molecule has 8 nitrogen and oxygen atoms in total. The van der Waals surface area contributed by atoms with E-state index >= 15 is 0 Å². The molecule has 2 amide bonds. The molecule has 0 fully saturated rings. The molecule has 132 valence electrons. The highest BCUT2D eigenvalue weighted by molar-refractivity contribution is 6.00. The van der Waals surface area contributed by atoms with Gasteiger partial charge in [-0.25, -0.2) is 4.98 Å². The van der Waals surface area contributed by atoms with Crippen LogP contribution in [0, 0.1) is 6.92 Å². The lowest BCUT2D eigenvalue weighted by molar-refractivity contribution is -0.116.